The third-order valence-electron chi connectivity index (χ3n) is 3.64. The second kappa shape index (κ2) is 6.45. The molecule has 0 aliphatic heterocycles. The van der Waals surface area contributed by atoms with E-state index in [1.54, 1.807) is 24.3 Å². The molecule has 1 amide bonds. The minimum Gasteiger partial charge on any atom is -0.388 e. The Bertz CT molecular complexity index is 576. The van der Waals surface area contributed by atoms with Crippen molar-refractivity contribution in [3.63, 3.8) is 0 Å². The Morgan fingerprint density at radius 1 is 1.29 bits per heavy atom. The van der Waals surface area contributed by atoms with Crippen LogP contribution in [0.5, 0.6) is 0 Å². The van der Waals surface area contributed by atoms with E-state index < -0.39 is 5.60 Å². The number of hydrogen-bond donors (Lipinski definition) is 2. The molecule has 0 atom stereocenters. The van der Waals surface area contributed by atoms with Crippen molar-refractivity contribution >= 4 is 5.91 Å². The van der Waals surface area contributed by atoms with Gasteiger partial charge in [0.05, 0.1) is 11.3 Å². The Morgan fingerprint density at radius 2 is 1.95 bits per heavy atom. The van der Waals surface area contributed by atoms with Gasteiger partial charge in [0, 0.05) is 12.1 Å². The van der Waals surface area contributed by atoms with Crippen LogP contribution in [-0.2, 0) is 0 Å². The minimum atomic E-state index is -0.845. The largest absolute Gasteiger partial charge is 0.388 e. The van der Waals surface area contributed by atoms with E-state index in [1.165, 1.54) is 11.0 Å². The molecule has 112 valence electrons. The van der Waals surface area contributed by atoms with Gasteiger partial charge >= 0.3 is 0 Å². The molecule has 0 radical (unpaired) electrons. The van der Waals surface area contributed by atoms with Gasteiger partial charge in [-0.3, -0.25) is 4.79 Å². The standard InChI is InChI=1S/C14H19N5O2/c1-3-14(21,4-2)9-15-13(20)11-5-7-12(8-6-11)19-10-16-17-18-19/h5-8,10,21H,3-4,9H2,1-2H3,(H,15,20). The van der Waals surface area contributed by atoms with Crippen LogP contribution in [0.3, 0.4) is 0 Å². The molecule has 0 saturated carbocycles. The van der Waals surface area contributed by atoms with Crippen molar-refractivity contribution in [2.45, 2.75) is 32.3 Å². The molecule has 2 rings (SSSR count). The van der Waals surface area contributed by atoms with Crippen LogP contribution in [-0.4, -0.2) is 43.4 Å². The lowest BCUT2D eigenvalue weighted by molar-refractivity contribution is 0.0314. The van der Waals surface area contributed by atoms with Crippen molar-refractivity contribution in [1.82, 2.24) is 25.5 Å². The summed E-state index contributed by atoms with van der Waals surface area (Å²) in [4.78, 5) is 12.1. The topological polar surface area (TPSA) is 92.9 Å². The molecule has 0 unspecified atom stereocenters. The number of amides is 1. The molecule has 0 bridgehead atoms. The summed E-state index contributed by atoms with van der Waals surface area (Å²) in [5, 5.41) is 23.8. The quantitative estimate of drug-likeness (QED) is 0.825. The van der Waals surface area contributed by atoms with Gasteiger partial charge in [-0.15, -0.1) is 5.10 Å². The van der Waals surface area contributed by atoms with Crippen LogP contribution < -0.4 is 5.32 Å². The number of carbonyl (C=O) groups is 1. The van der Waals surface area contributed by atoms with Gasteiger partial charge in [0.15, 0.2) is 0 Å². The lowest BCUT2D eigenvalue weighted by atomic mass is 9.97. The lowest BCUT2D eigenvalue weighted by Gasteiger charge is -2.25. The Morgan fingerprint density at radius 3 is 2.48 bits per heavy atom. The van der Waals surface area contributed by atoms with Crippen LogP contribution in [0.15, 0.2) is 30.6 Å². The van der Waals surface area contributed by atoms with E-state index in [9.17, 15) is 9.90 Å². The molecular formula is C14H19N5O2. The van der Waals surface area contributed by atoms with Crippen LogP contribution in [0.4, 0.5) is 0 Å². The second-order valence-electron chi connectivity index (χ2n) is 4.92. The van der Waals surface area contributed by atoms with E-state index in [1.807, 2.05) is 13.8 Å². The predicted molar refractivity (Wildman–Crippen MR) is 77.0 cm³/mol. The monoisotopic (exact) mass is 289 g/mol. The number of nitrogens with one attached hydrogen (secondary N) is 1. The molecule has 0 saturated heterocycles. The maximum atomic E-state index is 12.1. The van der Waals surface area contributed by atoms with E-state index in [0.29, 0.717) is 18.4 Å². The van der Waals surface area contributed by atoms with Gasteiger partial charge in [0.25, 0.3) is 5.91 Å². The minimum absolute atomic E-state index is 0.210. The first-order valence-electron chi connectivity index (χ1n) is 6.92. The molecule has 21 heavy (non-hydrogen) atoms. The highest BCUT2D eigenvalue weighted by Crippen LogP contribution is 2.13. The second-order valence-corrected chi connectivity index (χ2v) is 4.92. The highest BCUT2D eigenvalue weighted by Gasteiger charge is 2.22. The smallest absolute Gasteiger partial charge is 0.251 e. The van der Waals surface area contributed by atoms with Crippen molar-refractivity contribution in [2.75, 3.05) is 6.54 Å². The summed E-state index contributed by atoms with van der Waals surface area (Å²) in [6, 6.07) is 6.92. The van der Waals surface area contributed by atoms with Crippen LogP contribution in [0.25, 0.3) is 5.69 Å². The van der Waals surface area contributed by atoms with Crippen LogP contribution in [0.2, 0.25) is 0 Å². The fourth-order valence-electron chi connectivity index (χ4n) is 1.89. The molecule has 0 aliphatic rings. The molecule has 0 aliphatic carbocycles. The Hall–Kier alpha value is -2.28. The van der Waals surface area contributed by atoms with E-state index in [0.717, 1.165) is 5.69 Å². The molecule has 2 aromatic rings. The number of hydrogen-bond acceptors (Lipinski definition) is 5. The third-order valence-corrected chi connectivity index (χ3v) is 3.64. The van der Waals surface area contributed by atoms with Gasteiger partial charge in [0.1, 0.15) is 6.33 Å². The van der Waals surface area contributed by atoms with E-state index in [2.05, 4.69) is 20.8 Å². The van der Waals surface area contributed by atoms with Crippen molar-refractivity contribution in [1.29, 1.82) is 0 Å². The van der Waals surface area contributed by atoms with Crippen LogP contribution >= 0.6 is 0 Å². The average molecular weight is 289 g/mol. The summed E-state index contributed by atoms with van der Waals surface area (Å²) in [6.45, 7) is 4.04. The summed E-state index contributed by atoms with van der Waals surface area (Å²) < 4.78 is 1.51. The molecule has 2 N–H and O–H groups in total. The number of aliphatic hydroxyl groups is 1. The van der Waals surface area contributed by atoms with Gasteiger partial charge in [-0.05, 0) is 47.5 Å². The summed E-state index contributed by atoms with van der Waals surface area (Å²) in [6.07, 6.45) is 2.68. The fraction of sp³-hybridized carbons (Fsp3) is 0.429. The molecule has 0 spiro atoms. The van der Waals surface area contributed by atoms with Crippen LogP contribution in [0.1, 0.15) is 37.0 Å². The zero-order valence-corrected chi connectivity index (χ0v) is 12.2. The van der Waals surface area contributed by atoms with E-state index in [-0.39, 0.29) is 12.5 Å². The normalized spacial score (nSPS) is 11.4. The van der Waals surface area contributed by atoms with Gasteiger partial charge in [-0.2, -0.15) is 0 Å². The zero-order valence-electron chi connectivity index (χ0n) is 12.2. The molecular weight excluding hydrogens is 270 g/mol. The highest BCUT2D eigenvalue weighted by molar-refractivity contribution is 5.94. The van der Waals surface area contributed by atoms with Crippen molar-refractivity contribution < 1.29 is 9.90 Å². The number of aromatic nitrogens is 4. The SMILES string of the molecule is CCC(O)(CC)CNC(=O)c1ccc(-n2cnnn2)cc1. The van der Waals surface area contributed by atoms with Gasteiger partial charge in [0.2, 0.25) is 0 Å². The number of benzene rings is 1. The highest BCUT2D eigenvalue weighted by atomic mass is 16.3. The Kier molecular flexibility index (Phi) is 4.64. The molecule has 1 aromatic carbocycles. The Labute approximate surface area is 123 Å². The lowest BCUT2D eigenvalue weighted by Crippen LogP contribution is -2.42. The molecule has 7 heteroatoms. The third kappa shape index (κ3) is 3.63. The number of carbonyl (C=O) groups excluding carboxylic acids is 1. The maximum Gasteiger partial charge on any atom is 0.251 e. The number of rotatable bonds is 6. The van der Waals surface area contributed by atoms with Crippen LogP contribution in [0, 0.1) is 0 Å². The van der Waals surface area contributed by atoms with Gasteiger partial charge in [-0.1, -0.05) is 13.8 Å². The summed E-state index contributed by atoms with van der Waals surface area (Å²) in [5.74, 6) is -0.210. The zero-order chi connectivity index (χ0) is 15.3. The van der Waals surface area contributed by atoms with E-state index in [4.69, 9.17) is 0 Å². The predicted octanol–water partition coefficient (Wildman–Crippen LogP) is 0.943. The summed E-state index contributed by atoms with van der Waals surface area (Å²) >= 11 is 0. The Balaban J connectivity index is 2.00. The van der Waals surface area contributed by atoms with Crippen molar-refractivity contribution in [3.05, 3.63) is 36.2 Å². The van der Waals surface area contributed by atoms with Crippen molar-refractivity contribution in [2.24, 2.45) is 0 Å². The number of tetrazole rings is 1. The fourth-order valence-corrected chi connectivity index (χ4v) is 1.89. The average Bonchev–Trinajstić information content (AvgIpc) is 3.07. The maximum absolute atomic E-state index is 12.1. The van der Waals surface area contributed by atoms with E-state index >= 15 is 0 Å². The molecule has 7 nitrogen and oxygen atoms in total. The molecule has 1 aromatic heterocycles. The first-order valence-corrected chi connectivity index (χ1v) is 6.92. The first kappa shape index (κ1) is 15.1. The van der Waals surface area contributed by atoms with Gasteiger partial charge in [-0.25, -0.2) is 4.68 Å². The van der Waals surface area contributed by atoms with Crippen molar-refractivity contribution in [3.8, 4) is 5.69 Å². The van der Waals surface area contributed by atoms with Gasteiger partial charge < -0.3 is 10.4 Å². The molecule has 0 fully saturated rings. The number of nitrogens with zero attached hydrogens (tertiary/aromatic N) is 4. The summed E-state index contributed by atoms with van der Waals surface area (Å²) in [5.41, 5.74) is 0.457. The summed E-state index contributed by atoms with van der Waals surface area (Å²) in [7, 11) is 0. The first-order chi connectivity index (χ1) is 10.1. The molecule has 1 heterocycles.